The summed E-state index contributed by atoms with van der Waals surface area (Å²) in [6.45, 7) is 5.03. The molecule has 1 aromatic carbocycles. The van der Waals surface area contributed by atoms with Gasteiger partial charge >= 0.3 is 0 Å². The molecule has 1 atom stereocenters. The molecule has 1 saturated carbocycles. The molecule has 4 nitrogen and oxygen atoms in total. The number of rotatable bonds is 6. The third-order valence-corrected chi connectivity index (χ3v) is 5.77. The molecule has 0 unspecified atom stereocenters. The molecule has 6 heteroatoms. The van der Waals surface area contributed by atoms with Crippen molar-refractivity contribution in [1.29, 1.82) is 0 Å². The smallest absolute Gasteiger partial charge is 0.233 e. The molecule has 0 spiro atoms. The summed E-state index contributed by atoms with van der Waals surface area (Å²) in [7, 11) is 0. The van der Waals surface area contributed by atoms with Crippen LogP contribution in [0.2, 0.25) is 0 Å². The minimum Gasteiger partial charge on any atom is -0.338 e. The van der Waals surface area contributed by atoms with Gasteiger partial charge in [0.2, 0.25) is 11.8 Å². The molecule has 0 bridgehead atoms. The van der Waals surface area contributed by atoms with Crippen molar-refractivity contribution in [2.75, 3.05) is 18.8 Å². The number of carbonyl (C=O) groups excluding carboxylic acids is 2. The quantitative estimate of drug-likeness (QED) is 0.792. The van der Waals surface area contributed by atoms with Gasteiger partial charge in [-0.15, -0.1) is 11.8 Å². The summed E-state index contributed by atoms with van der Waals surface area (Å²) in [6, 6.07) is 6.53. The average Bonchev–Trinajstić information content (AvgIpc) is 3.32. The largest absolute Gasteiger partial charge is 0.338 e. The van der Waals surface area contributed by atoms with E-state index in [0.29, 0.717) is 18.8 Å². The minimum absolute atomic E-state index is 0.0526. The second-order valence-corrected chi connectivity index (χ2v) is 7.77. The fourth-order valence-electron chi connectivity index (χ4n) is 3.04. The van der Waals surface area contributed by atoms with E-state index in [9.17, 15) is 14.0 Å². The van der Waals surface area contributed by atoms with Crippen LogP contribution >= 0.6 is 11.8 Å². The molecule has 1 heterocycles. The maximum atomic E-state index is 13.5. The van der Waals surface area contributed by atoms with Gasteiger partial charge in [-0.05, 0) is 44.4 Å². The fraction of sp³-hybridized carbons (Fsp3) is 0.556. The lowest BCUT2D eigenvalue weighted by Crippen LogP contribution is -2.44. The van der Waals surface area contributed by atoms with Gasteiger partial charge in [0.15, 0.2) is 0 Å². The summed E-state index contributed by atoms with van der Waals surface area (Å²) in [5.74, 6) is 0.540. The summed E-state index contributed by atoms with van der Waals surface area (Å²) in [4.78, 5) is 28.3. The minimum atomic E-state index is -0.292. The zero-order valence-electron chi connectivity index (χ0n) is 14.1. The molecule has 2 fully saturated rings. The van der Waals surface area contributed by atoms with Gasteiger partial charge < -0.3 is 9.80 Å². The molecule has 0 N–H and O–H groups in total. The van der Waals surface area contributed by atoms with Crippen molar-refractivity contribution >= 4 is 23.6 Å². The Morgan fingerprint density at radius 1 is 1.42 bits per heavy atom. The van der Waals surface area contributed by atoms with Gasteiger partial charge in [-0.1, -0.05) is 12.1 Å². The third-order valence-electron chi connectivity index (χ3n) is 4.52. The topological polar surface area (TPSA) is 40.6 Å². The fourth-order valence-corrected chi connectivity index (χ4v) is 4.24. The normalized spacial score (nSPS) is 20.8. The first-order chi connectivity index (χ1) is 11.5. The highest BCUT2D eigenvalue weighted by Crippen LogP contribution is 2.38. The highest BCUT2D eigenvalue weighted by molar-refractivity contribution is 8.00. The molecule has 1 aromatic rings. The van der Waals surface area contributed by atoms with Gasteiger partial charge in [-0.25, -0.2) is 4.39 Å². The lowest BCUT2D eigenvalue weighted by molar-refractivity contribution is -0.136. The van der Waals surface area contributed by atoms with Gasteiger partial charge in [0, 0.05) is 25.0 Å². The summed E-state index contributed by atoms with van der Waals surface area (Å²) in [6.07, 6.45) is 1.96. The Labute approximate surface area is 146 Å². The molecule has 130 valence electrons. The average molecular weight is 350 g/mol. The molecule has 1 aliphatic carbocycles. The summed E-state index contributed by atoms with van der Waals surface area (Å²) in [5, 5.41) is -0.168. The first-order valence-corrected chi connectivity index (χ1v) is 9.49. The van der Waals surface area contributed by atoms with E-state index in [1.165, 1.54) is 23.9 Å². The standard InChI is InChI=1S/C18H23FN2O2S/c1-12(2)20(17(23)13-6-7-13)8-9-21-16(22)11-24-18(21)14-4-3-5-15(19)10-14/h3-5,10,12-13,18H,6-9,11H2,1-2H3/t18-/m1/s1. The van der Waals surface area contributed by atoms with Gasteiger partial charge in [-0.2, -0.15) is 0 Å². The molecule has 2 aliphatic rings. The van der Waals surface area contributed by atoms with Gasteiger partial charge in [0.05, 0.1) is 5.75 Å². The molecular formula is C18H23FN2O2S. The second-order valence-electron chi connectivity index (χ2n) is 6.71. The van der Waals surface area contributed by atoms with Crippen LogP contribution in [0.4, 0.5) is 4.39 Å². The number of carbonyl (C=O) groups is 2. The zero-order chi connectivity index (χ0) is 17.3. The number of hydrogen-bond donors (Lipinski definition) is 0. The van der Waals surface area contributed by atoms with Crippen LogP contribution in [0.25, 0.3) is 0 Å². The highest BCUT2D eigenvalue weighted by Gasteiger charge is 2.36. The Balaban J connectivity index is 1.69. The van der Waals surface area contributed by atoms with Crippen molar-refractivity contribution in [3.05, 3.63) is 35.6 Å². The van der Waals surface area contributed by atoms with E-state index in [-0.39, 0.29) is 35.0 Å². The van der Waals surface area contributed by atoms with E-state index in [4.69, 9.17) is 0 Å². The molecule has 3 rings (SSSR count). The van der Waals surface area contributed by atoms with Crippen molar-refractivity contribution < 1.29 is 14.0 Å². The Hall–Kier alpha value is -1.56. The molecule has 24 heavy (non-hydrogen) atoms. The number of nitrogens with zero attached hydrogens (tertiary/aromatic N) is 2. The SMILES string of the molecule is CC(C)N(CCN1C(=O)CS[C@@H]1c1cccc(F)c1)C(=O)C1CC1. The Morgan fingerprint density at radius 3 is 2.79 bits per heavy atom. The van der Waals surface area contributed by atoms with Crippen molar-refractivity contribution in [3.8, 4) is 0 Å². The molecule has 1 aliphatic heterocycles. The number of halogens is 1. The van der Waals surface area contributed by atoms with E-state index >= 15 is 0 Å². The summed E-state index contributed by atoms with van der Waals surface area (Å²) in [5.41, 5.74) is 0.801. The molecule has 2 amide bonds. The number of hydrogen-bond acceptors (Lipinski definition) is 3. The predicted octanol–water partition coefficient (Wildman–Crippen LogP) is 3.05. The van der Waals surface area contributed by atoms with E-state index < -0.39 is 0 Å². The predicted molar refractivity (Wildman–Crippen MR) is 92.9 cm³/mol. The summed E-state index contributed by atoms with van der Waals surface area (Å²) >= 11 is 1.51. The first-order valence-electron chi connectivity index (χ1n) is 8.44. The molecule has 0 aromatic heterocycles. The monoisotopic (exact) mass is 350 g/mol. The van der Waals surface area contributed by atoms with Crippen LogP contribution in [-0.4, -0.2) is 46.5 Å². The zero-order valence-corrected chi connectivity index (χ0v) is 14.9. The van der Waals surface area contributed by atoms with Crippen LogP contribution in [0.5, 0.6) is 0 Å². The van der Waals surface area contributed by atoms with Crippen LogP contribution in [0.15, 0.2) is 24.3 Å². The van der Waals surface area contributed by atoms with Crippen LogP contribution in [0.3, 0.4) is 0 Å². The lowest BCUT2D eigenvalue weighted by Gasteiger charge is -2.31. The van der Waals surface area contributed by atoms with E-state index in [1.54, 1.807) is 11.0 Å². The second kappa shape index (κ2) is 7.13. The van der Waals surface area contributed by atoms with Gasteiger partial charge in [-0.3, -0.25) is 9.59 Å². The van der Waals surface area contributed by atoms with Crippen molar-refractivity contribution in [2.45, 2.75) is 38.1 Å². The van der Waals surface area contributed by atoms with Gasteiger partial charge in [0.1, 0.15) is 11.2 Å². The van der Waals surface area contributed by atoms with E-state index in [0.717, 1.165) is 18.4 Å². The Kier molecular flexibility index (Phi) is 5.13. The lowest BCUT2D eigenvalue weighted by atomic mass is 10.2. The first kappa shape index (κ1) is 17.3. The van der Waals surface area contributed by atoms with Crippen molar-refractivity contribution in [3.63, 3.8) is 0 Å². The van der Waals surface area contributed by atoms with Crippen molar-refractivity contribution in [1.82, 2.24) is 9.80 Å². The maximum Gasteiger partial charge on any atom is 0.233 e. The molecule has 0 radical (unpaired) electrons. The van der Waals surface area contributed by atoms with Crippen LogP contribution < -0.4 is 0 Å². The van der Waals surface area contributed by atoms with Crippen LogP contribution in [0.1, 0.15) is 37.6 Å². The van der Waals surface area contributed by atoms with E-state index in [2.05, 4.69) is 0 Å². The van der Waals surface area contributed by atoms with Crippen LogP contribution in [0, 0.1) is 11.7 Å². The Bertz CT molecular complexity index is 633. The molecular weight excluding hydrogens is 327 g/mol. The van der Waals surface area contributed by atoms with Crippen molar-refractivity contribution in [2.24, 2.45) is 5.92 Å². The Morgan fingerprint density at radius 2 is 2.17 bits per heavy atom. The van der Waals surface area contributed by atoms with Gasteiger partial charge in [0.25, 0.3) is 0 Å². The number of benzene rings is 1. The number of amides is 2. The number of thioether (sulfide) groups is 1. The third kappa shape index (κ3) is 3.74. The maximum absolute atomic E-state index is 13.5. The molecule has 1 saturated heterocycles. The summed E-state index contributed by atoms with van der Waals surface area (Å²) < 4.78 is 13.5. The highest BCUT2D eigenvalue weighted by atomic mass is 32.2. The van der Waals surface area contributed by atoms with Crippen LogP contribution in [-0.2, 0) is 9.59 Å². The van der Waals surface area contributed by atoms with E-state index in [1.807, 2.05) is 24.8 Å².